The van der Waals surface area contributed by atoms with Gasteiger partial charge in [0.05, 0.1) is 5.56 Å². The molecule has 0 bridgehead atoms. The van der Waals surface area contributed by atoms with Crippen LogP contribution in [-0.2, 0) is 19.1 Å². The number of hydrogen-bond donors (Lipinski definition) is 3. The predicted molar refractivity (Wildman–Crippen MR) is 114 cm³/mol. The summed E-state index contributed by atoms with van der Waals surface area (Å²) >= 11 is 0. The Kier molecular flexibility index (Phi) is 7.30. The fourth-order valence-corrected chi connectivity index (χ4v) is 2.68. The van der Waals surface area contributed by atoms with E-state index in [1.54, 1.807) is 0 Å². The van der Waals surface area contributed by atoms with Gasteiger partial charge in [-0.1, -0.05) is 12.1 Å². The molecule has 0 radical (unpaired) electrons. The summed E-state index contributed by atoms with van der Waals surface area (Å²) < 4.78 is 5.28. The van der Waals surface area contributed by atoms with Crippen LogP contribution in [0, 0.1) is 13.8 Å². The van der Waals surface area contributed by atoms with E-state index in [0.717, 1.165) is 11.1 Å². The zero-order valence-corrected chi connectivity index (χ0v) is 17.6. The Labute approximate surface area is 175 Å². The smallest absolute Gasteiger partial charge is 0.339 e. The lowest BCUT2D eigenvalue weighted by Gasteiger charge is -2.16. The molecule has 8 nitrogen and oxygen atoms in total. The van der Waals surface area contributed by atoms with Crippen molar-refractivity contribution in [2.75, 3.05) is 16.0 Å². The van der Waals surface area contributed by atoms with Gasteiger partial charge >= 0.3 is 5.97 Å². The molecule has 0 spiro atoms. The monoisotopic (exact) mass is 411 g/mol. The number of carbonyl (C=O) groups excluding carboxylic acids is 4. The van der Waals surface area contributed by atoms with Crippen molar-refractivity contribution < 1.29 is 23.9 Å². The van der Waals surface area contributed by atoms with Gasteiger partial charge in [0.25, 0.3) is 5.91 Å². The Balaban J connectivity index is 2.16. The molecule has 0 aromatic heterocycles. The summed E-state index contributed by atoms with van der Waals surface area (Å²) in [5, 5.41) is 7.87. The average Bonchev–Trinajstić information content (AvgIpc) is 2.63. The Hall–Kier alpha value is -3.68. The molecule has 0 fully saturated rings. The third-order valence-electron chi connectivity index (χ3n) is 4.11. The highest BCUT2D eigenvalue weighted by Gasteiger charge is 2.21. The molecule has 0 aliphatic carbocycles. The molecule has 30 heavy (non-hydrogen) atoms. The van der Waals surface area contributed by atoms with E-state index in [1.165, 1.54) is 39.0 Å². The van der Waals surface area contributed by atoms with Crippen molar-refractivity contribution in [3.8, 4) is 0 Å². The lowest BCUT2D eigenvalue weighted by atomic mass is 10.1. The van der Waals surface area contributed by atoms with Gasteiger partial charge in [-0.2, -0.15) is 0 Å². The largest absolute Gasteiger partial charge is 0.449 e. The quantitative estimate of drug-likeness (QED) is 0.631. The maximum Gasteiger partial charge on any atom is 0.339 e. The summed E-state index contributed by atoms with van der Waals surface area (Å²) in [6.07, 6.45) is -1.06. The number of esters is 1. The number of ether oxygens (including phenoxy) is 1. The number of hydrogen-bond acceptors (Lipinski definition) is 5. The van der Waals surface area contributed by atoms with E-state index in [-0.39, 0.29) is 17.4 Å². The Morgan fingerprint density at radius 2 is 1.40 bits per heavy atom. The second-order valence-electron chi connectivity index (χ2n) is 7.02. The minimum Gasteiger partial charge on any atom is -0.449 e. The molecule has 1 atom stereocenters. The van der Waals surface area contributed by atoms with Gasteiger partial charge in [-0.15, -0.1) is 0 Å². The third-order valence-corrected chi connectivity index (χ3v) is 4.11. The fourth-order valence-electron chi connectivity index (χ4n) is 2.68. The molecule has 2 aromatic rings. The van der Waals surface area contributed by atoms with E-state index in [0.29, 0.717) is 17.1 Å². The van der Waals surface area contributed by atoms with E-state index >= 15 is 0 Å². The molecule has 8 heteroatoms. The van der Waals surface area contributed by atoms with Crippen LogP contribution >= 0.6 is 0 Å². The maximum atomic E-state index is 12.6. The molecule has 0 aliphatic rings. The minimum absolute atomic E-state index is 0.0800. The van der Waals surface area contributed by atoms with E-state index in [2.05, 4.69) is 16.0 Å². The molecule has 3 amide bonds. The number of aryl methyl sites for hydroxylation is 2. The zero-order valence-electron chi connectivity index (χ0n) is 17.6. The number of anilines is 3. The number of rotatable bonds is 6. The van der Waals surface area contributed by atoms with E-state index in [1.807, 2.05) is 32.0 Å². The van der Waals surface area contributed by atoms with Crippen molar-refractivity contribution in [1.82, 2.24) is 0 Å². The number of amides is 3. The van der Waals surface area contributed by atoms with Crippen LogP contribution in [0.3, 0.4) is 0 Å². The van der Waals surface area contributed by atoms with Crippen LogP contribution in [0.2, 0.25) is 0 Å². The van der Waals surface area contributed by atoms with Gasteiger partial charge in [0.2, 0.25) is 11.8 Å². The number of carbonyl (C=O) groups is 4. The molecule has 0 saturated heterocycles. The van der Waals surface area contributed by atoms with E-state index in [4.69, 9.17) is 4.74 Å². The van der Waals surface area contributed by atoms with Crippen LogP contribution in [0.4, 0.5) is 17.1 Å². The van der Waals surface area contributed by atoms with Gasteiger partial charge in [-0.05, 0) is 56.2 Å². The molecule has 3 N–H and O–H groups in total. The molecule has 0 aliphatic heterocycles. The minimum atomic E-state index is -1.06. The number of benzene rings is 2. The second kappa shape index (κ2) is 9.69. The van der Waals surface area contributed by atoms with Crippen molar-refractivity contribution in [2.24, 2.45) is 0 Å². The van der Waals surface area contributed by atoms with Gasteiger partial charge in [-0.3, -0.25) is 14.4 Å². The Morgan fingerprint density at radius 3 is 1.93 bits per heavy atom. The average molecular weight is 411 g/mol. The molecule has 2 rings (SSSR count). The number of nitrogens with one attached hydrogen (secondary N) is 3. The first-order valence-corrected chi connectivity index (χ1v) is 9.34. The molecule has 0 heterocycles. The molecule has 2 aromatic carbocycles. The van der Waals surface area contributed by atoms with Crippen LogP contribution in [0.15, 0.2) is 36.4 Å². The highest BCUT2D eigenvalue weighted by Crippen LogP contribution is 2.21. The van der Waals surface area contributed by atoms with Crippen LogP contribution in [0.25, 0.3) is 0 Å². The van der Waals surface area contributed by atoms with Crippen molar-refractivity contribution >= 4 is 40.8 Å². The molecular weight excluding hydrogens is 386 g/mol. The normalized spacial score (nSPS) is 11.2. The summed E-state index contributed by atoms with van der Waals surface area (Å²) in [5.41, 5.74) is 3.22. The fraction of sp³-hybridized carbons (Fsp3) is 0.273. The first-order chi connectivity index (χ1) is 14.0. The third kappa shape index (κ3) is 6.44. The van der Waals surface area contributed by atoms with Crippen molar-refractivity contribution in [3.63, 3.8) is 0 Å². The van der Waals surface area contributed by atoms with Gasteiger partial charge in [-0.25, -0.2) is 4.79 Å². The van der Waals surface area contributed by atoms with Gasteiger partial charge in [0, 0.05) is 30.9 Å². The van der Waals surface area contributed by atoms with Crippen molar-refractivity contribution in [2.45, 2.75) is 40.7 Å². The second-order valence-corrected chi connectivity index (χ2v) is 7.02. The molecule has 1 unspecified atom stereocenters. The van der Waals surface area contributed by atoms with Crippen LogP contribution in [0.1, 0.15) is 42.3 Å². The highest BCUT2D eigenvalue weighted by molar-refractivity contribution is 6.00. The summed E-state index contributed by atoms with van der Waals surface area (Å²) in [6, 6.07) is 9.98. The molecular formula is C22H25N3O5. The molecule has 0 saturated carbocycles. The summed E-state index contributed by atoms with van der Waals surface area (Å²) in [7, 11) is 0. The maximum absolute atomic E-state index is 12.6. The van der Waals surface area contributed by atoms with Gasteiger partial charge in [0.15, 0.2) is 6.10 Å². The first kappa shape index (κ1) is 22.6. The van der Waals surface area contributed by atoms with Crippen LogP contribution in [0.5, 0.6) is 0 Å². The molecule has 158 valence electrons. The van der Waals surface area contributed by atoms with Crippen LogP contribution < -0.4 is 16.0 Å². The standard InChI is InChI=1S/C22H25N3O5/c1-12-6-7-13(2)20(8-12)25-21(28)14(3)30-22(29)17-9-18(23-15(4)26)11-19(10-17)24-16(5)27/h6-11,14H,1-5H3,(H,23,26)(H,24,27)(H,25,28). The van der Waals surface area contributed by atoms with Crippen LogP contribution in [-0.4, -0.2) is 29.8 Å². The van der Waals surface area contributed by atoms with Gasteiger partial charge in [0.1, 0.15) is 0 Å². The summed E-state index contributed by atoms with van der Waals surface area (Å²) in [6.45, 7) is 7.88. The van der Waals surface area contributed by atoms with E-state index in [9.17, 15) is 19.2 Å². The summed E-state index contributed by atoms with van der Waals surface area (Å²) in [5.74, 6) is -1.92. The summed E-state index contributed by atoms with van der Waals surface area (Å²) in [4.78, 5) is 47.8. The van der Waals surface area contributed by atoms with Crippen molar-refractivity contribution in [1.29, 1.82) is 0 Å². The Bertz CT molecular complexity index is 966. The highest BCUT2D eigenvalue weighted by atomic mass is 16.5. The first-order valence-electron chi connectivity index (χ1n) is 9.34. The lowest BCUT2D eigenvalue weighted by Crippen LogP contribution is -2.30. The lowest BCUT2D eigenvalue weighted by molar-refractivity contribution is -0.123. The predicted octanol–water partition coefficient (Wildman–Crippen LogP) is 3.40. The van der Waals surface area contributed by atoms with Crippen molar-refractivity contribution in [3.05, 3.63) is 53.1 Å². The SMILES string of the molecule is CC(=O)Nc1cc(NC(C)=O)cc(C(=O)OC(C)C(=O)Nc2cc(C)ccc2C)c1. The Morgan fingerprint density at radius 1 is 0.833 bits per heavy atom. The van der Waals surface area contributed by atoms with E-state index < -0.39 is 18.0 Å². The zero-order chi connectivity index (χ0) is 22.4. The van der Waals surface area contributed by atoms with Gasteiger partial charge < -0.3 is 20.7 Å². The topological polar surface area (TPSA) is 114 Å².